The molecule has 0 saturated carbocycles. The molecule has 0 fully saturated rings. The summed E-state index contributed by atoms with van der Waals surface area (Å²) in [4.78, 5) is 12.0. The van der Waals surface area contributed by atoms with Crippen LogP contribution in [0.5, 0.6) is 11.5 Å². The number of amides is 1. The van der Waals surface area contributed by atoms with Crippen LogP contribution in [-0.4, -0.2) is 25.7 Å². The SMILES string of the molecule is COc1ccccc1OCC(=O)NC(C(C)C)C(C)C. The molecule has 1 N–H and O–H groups in total. The number of hydrogen-bond acceptors (Lipinski definition) is 3. The minimum Gasteiger partial charge on any atom is -0.493 e. The largest absolute Gasteiger partial charge is 0.493 e. The quantitative estimate of drug-likeness (QED) is 0.835. The van der Waals surface area contributed by atoms with Gasteiger partial charge in [0.05, 0.1) is 7.11 Å². The molecule has 4 nitrogen and oxygen atoms in total. The summed E-state index contributed by atoms with van der Waals surface area (Å²) in [7, 11) is 1.58. The first-order valence-electron chi connectivity index (χ1n) is 7.00. The molecule has 0 saturated heterocycles. The Hall–Kier alpha value is -1.71. The fourth-order valence-corrected chi connectivity index (χ4v) is 2.21. The molecule has 20 heavy (non-hydrogen) atoms. The van der Waals surface area contributed by atoms with Gasteiger partial charge >= 0.3 is 0 Å². The number of rotatable bonds is 7. The molecule has 0 aliphatic carbocycles. The van der Waals surface area contributed by atoms with Crippen molar-refractivity contribution < 1.29 is 14.3 Å². The predicted octanol–water partition coefficient (Wildman–Crippen LogP) is 2.87. The fraction of sp³-hybridized carbons (Fsp3) is 0.562. The molecule has 0 atom stereocenters. The molecular formula is C16H25NO3. The Morgan fingerprint density at radius 2 is 1.65 bits per heavy atom. The smallest absolute Gasteiger partial charge is 0.258 e. The van der Waals surface area contributed by atoms with Gasteiger partial charge in [-0.2, -0.15) is 0 Å². The van der Waals surface area contributed by atoms with Crippen molar-refractivity contribution in [1.29, 1.82) is 0 Å². The van der Waals surface area contributed by atoms with Crippen molar-refractivity contribution in [3.05, 3.63) is 24.3 Å². The molecule has 0 aromatic heterocycles. The Bertz CT molecular complexity index is 421. The number of nitrogens with one attached hydrogen (secondary N) is 1. The zero-order valence-electron chi connectivity index (χ0n) is 13.0. The van der Waals surface area contributed by atoms with Gasteiger partial charge in [0, 0.05) is 6.04 Å². The molecule has 0 radical (unpaired) electrons. The lowest BCUT2D eigenvalue weighted by Crippen LogP contribution is -2.44. The van der Waals surface area contributed by atoms with Crippen molar-refractivity contribution >= 4 is 5.91 Å². The number of hydrogen-bond donors (Lipinski definition) is 1. The maximum atomic E-state index is 12.0. The Balaban J connectivity index is 2.55. The van der Waals surface area contributed by atoms with Gasteiger partial charge in [-0.25, -0.2) is 0 Å². The second-order valence-electron chi connectivity index (χ2n) is 5.52. The highest BCUT2D eigenvalue weighted by molar-refractivity contribution is 5.78. The maximum absolute atomic E-state index is 12.0. The number of ether oxygens (including phenoxy) is 2. The zero-order valence-corrected chi connectivity index (χ0v) is 13.0. The van der Waals surface area contributed by atoms with Gasteiger partial charge in [-0.05, 0) is 24.0 Å². The van der Waals surface area contributed by atoms with Gasteiger partial charge in [0.25, 0.3) is 5.91 Å². The lowest BCUT2D eigenvalue weighted by Gasteiger charge is -2.26. The first-order valence-corrected chi connectivity index (χ1v) is 7.00. The second kappa shape index (κ2) is 7.78. The molecule has 1 aromatic carbocycles. The summed E-state index contributed by atoms with van der Waals surface area (Å²) in [5, 5.41) is 3.02. The van der Waals surface area contributed by atoms with Gasteiger partial charge < -0.3 is 14.8 Å². The van der Waals surface area contributed by atoms with Crippen LogP contribution in [-0.2, 0) is 4.79 Å². The van der Waals surface area contributed by atoms with Crippen molar-refractivity contribution in [3.63, 3.8) is 0 Å². The van der Waals surface area contributed by atoms with Crippen molar-refractivity contribution in [1.82, 2.24) is 5.32 Å². The third kappa shape index (κ3) is 4.76. The van der Waals surface area contributed by atoms with Crippen LogP contribution in [0, 0.1) is 11.8 Å². The molecule has 112 valence electrons. The summed E-state index contributed by atoms with van der Waals surface area (Å²) in [6.07, 6.45) is 0. The summed E-state index contributed by atoms with van der Waals surface area (Å²) in [5.41, 5.74) is 0. The van der Waals surface area contributed by atoms with Crippen LogP contribution in [0.3, 0.4) is 0 Å². The number of carbonyl (C=O) groups is 1. The Morgan fingerprint density at radius 3 is 2.15 bits per heavy atom. The molecular weight excluding hydrogens is 254 g/mol. The van der Waals surface area contributed by atoms with Crippen LogP contribution in [0.1, 0.15) is 27.7 Å². The maximum Gasteiger partial charge on any atom is 0.258 e. The monoisotopic (exact) mass is 279 g/mol. The van der Waals surface area contributed by atoms with Gasteiger partial charge in [0.1, 0.15) is 0 Å². The third-order valence-electron chi connectivity index (χ3n) is 3.19. The molecule has 0 aliphatic rings. The summed E-state index contributed by atoms with van der Waals surface area (Å²) in [5.74, 6) is 1.89. The Labute approximate surface area is 121 Å². The number of benzene rings is 1. The molecule has 0 spiro atoms. The molecule has 1 amide bonds. The first-order chi connectivity index (χ1) is 9.45. The molecule has 0 unspecified atom stereocenters. The standard InChI is InChI=1S/C16H25NO3/c1-11(2)16(12(3)4)17-15(18)10-20-14-9-7-6-8-13(14)19-5/h6-9,11-12,16H,10H2,1-5H3,(H,17,18). The van der Waals surface area contributed by atoms with E-state index >= 15 is 0 Å². The molecule has 1 rings (SSSR count). The number of methoxy groups -OCH3 is 1. The molecule has 0 aliphatic heterocycles. The molecule has 1 aromatic rings. The van der Waals surface area contributed by atoms with Gasteiger partial charge in [-0.3, -0.25) is 4.79 Å². The van der Waals surface area contributed by atoms with Crippen molar-refractivity contribution in [2.75, 3.05) is 13.7 Å². The van der Waals surface area contributed by atoms with E-state index in [-0.39, 0.29) is 18.6 Å². The minimum absolute atomic E-state index is 0.00366. The van der Waals surface area contributed by atoms with E-state index in [2.05, 4.69) is 33.0 Å². The van der Waals surface area contributed by atoms with Crippen LogP contribution in [0.4, 0.5) is 0 Å². The second-order valence-corrected chi connectivity index (χ2v) is 5.52. The lowest BCUT2D eigenvalue weighted by atomic mass is 9.93. The number of carbonyl (C=O) groups excluding carboxylic acids is 1. The van der Waals surface area contributed by atoms with Gasteiger partial charge in [-0.1, -0.05) is 39.8 Å². The predicted molar refractivity (Wildman–Crippen MR) is 80.1 cm³/mol. The topological polar surface area (TPSA) is 47.6 Å². The van der Waals surface area contributed by atoms with E-state index in [0.29, 0.717) is 23.3 Å². The average Bonchev–Trinajstić information content (AvgIpc) is 2.42. The van der Waals surface area contributed by atoms with Gasteiger partial charge in [0.2, 0.25) is 0 Å². The Morgan fingerprint density at radius 1 is 1.10 bits per heavy atom. The van der Waals surface area contributed by atoms with Crippen LogP contribution >= 0.6 is 0 Å². The van der Waals surface area contributed by atoms with Crippen LogP contribution in [0.15, 0.2) is 24.3 Å². The molecule has 0 heterocycles. The van der Waals surface area contributed by atoms with E-state index in [0.717, 1.165) is 0 Å². The minimum atomic E-state index is -0.108. The van der Waals surface area contributed by atoms with E-state index in [1.165, 1.54) is 0 Å². The third-order valence-corrected chi connectivity index (χ3v) is 3.19. The molecule has 0 bridgehead atoms. The van der Waals surface area contributed by atoms with Crippen molar-refractivity contribution in [3.8, 4) is 11.5 Å². The van der Waals surface area contributed by atoms with Gasteiger partial charge in [0.15, 0.2) is 18.1 Å². The highest BCUT2D eigenvalue weighted by atomic mass is 16.5. The Kier molecular flexibility index (Phi) is 6.36. The van der Waals surface area contributed by atoms with Crippen LogP contribution in [0.25, 0.3) is 0 Å². The first kappa shape index (κ1) is 16.3. The lowest BCUT2D eigenvalue weighted by molar-refractivity contribution is -0.124. The molecule has 4 heteroatoms. The van der Waals surface area contributed by atoms with E-state index in [1.54, 1.807) is 19.2 Å². The zero-order chi connectivity index (χ0) is 15.1. The fourth-order valence-electron chi connectivity index (χ4n) is 2.21. The summed E-state index contributed by atoms with van der Waals surface area (Å²) < 4.78 is 10.7. The van der Waals surface area contributed by atoms with Crippen LogP contribution < -0.4 is 14.8 Å². The van der Waals surface area contributed by atoms with Crippen molar-refractivity contribution in [2.45, 2.75) is 33.7 Å². The summed E-state index contributed by atoms with van der Waals surface area (Å²) >= 11 is 0. The summed E-state index contributed by atoms with van der Waals surface area (Å²) in [6, 6.07) is 7.45. The van der Waals surface area contributed by atoms with E-state index in [1.807, 2.05) is 12.1 Å². The van der Waals surface area contributed by atoms with E-state index in [4.69, 9.17) is 9.47 Å². The highest BCUT2D eigenvalue weighted by Crippen LogP contribution is 2.25. The average molecular weight is 279 g/mol. The number of para-hydroxylation sites is 2. The summed E-state index contributed by atoms with van der Waals surface area (Å²) in [6.45, 7) is 8.41. The van der Waals surface area contributed by atoms with E-state index < -0.39 is 0 Å². The van der Waals surface area contributed by atoms with E-state index in [9.17, 15) is 4.79 Å². The normalized spacial score (nSPS) is 11.0. The van der Waals surface area contributed by atoms with Crippen molar-refractivity contribution in [2.24, 2.45) is 11.8 Å². The van der Waals surface area contributed by atoms with Crippen LogP contribution in [0.2, 0.25) is 0 Å². The van der Waals surface area contributed by atoms with Gasteiger partial charge in [-0.15, -0.1) is 0 Å². The highest BCUT2D eigenvalue weighted by Gasteiger charge is 2.19.